The number of likely N-dealkylation sites (tertiary alicyclic amines) is 1. The summed E-state index contributed by atoms with van der Waals surface area (Å²) in [4.78, 5) is 25.3. The minimum atomic E-state index is -0.468. The molecule has 0 spiro atoms. The van der Waals surface area contributed by atoms with Crippen LogP contribution in [0, 0.1) is 11.3 Å². The summed E-state index contributed by atoms with van der Waals surface area (Å²) in [5.41, 5.74) is -0.468. The van der Waals surface area contributed by atoms with Gasteiger partial charge in [-0.15, -0.1) is 0 Å². The Hall–Kier alpha value is -1.10. The Balaban J connectivity index is 2.32. The maximum Gasteiger partial charge on any atom is 0.241 e. The van der Waals surface area contributed by atoms with E-state index in [4.69, 9.17) is 5.11 Å². The molecule has 0 saturated carbocycles. The van der Waals surface area contributed by atoms with Crippen molar-refractivity contribution < 1.29 is 14.7 Å². The van der Waals surface area contributed by atoms with Gasteiger partial charge >= 0.3 is 0 Å². The van der Waals surface area contributed by atoms with Crippen LogP contribution in [0.4, 0.5) is 0 Å². The topological polar surface area (TPSA) is 69.6 Å². The van der Waals surface area contributed by atoms with E-state index in [1.54, 1.807) is 4.90 Å². The molecule has 1 aliphatic heterocycles. The average molecular weight is 256 g/mol. The van der Waals surface area contributed by atoms with Crippen molar-refractivity contribution in [2.75, 3.05) is 26.2 Å². The highest BCUT2D eigenvalue weighted by Gasteiger charge is 2.25. The second-order valence-electron chi connectivity index (χ2n) is 5.94. The lowest BCUT2D eigenvalue weighted by molar-refractivity contribution is -0.136. The van der Waals surface area contributed by atoms with Crippen LogP contribution in [-0.4, -0.2) is 48.1 Å². The molecule has 0 radical (unpaired) electrons. The molecule has 0 atom stereocenters. The SMILES string of the molecule is CC(C)(C)C(=O)NCC(=O)N1CCC(CO)CC1. The van der Waals surface area contributed by atoms with Gasteiger partial charge in [0.25, 0.3) is 0 Å². The first-order valence-corrected chi connectivity index (χ1v) is 6.51. The number of carbonyl (C=O) groups excluding carboxylic acids is 2. The fraction of sp³-hybridized carbons (Fsp3) is 0.846. The molecule has 0 aromatic heterocycles. The summed E-state index contributed by atoms with van der Waals surface area (Å²) in [6.45, 7) is 7.08. The predicted molar refractivity (Wildman–Crippen MR) is 68.9 cm³/mol. The summed E-state index contributed by atoms with van der Waals surface area (Å²) in [7, 11) is 0. The second kappa shape index (κ2) is 6.18. The number of carbonyl (C=O) groups is 2. The van der Waals surface area contributed by atoms with Gasteiger partial charge in [0.05, 0.1) is 6.54 Å². The largest absolute Gasteiger partial charge is 0.396 e. The van der Waals surface area contributed by atoms with Crippen molar-refractivity contribution >= 4 is 11.8 Å². The molecule has 1 heterocycles. The Morgan fingerprint density at radius 1 is 1.28 bits per heavy atom. The van der Waals surface area contributed by atoms with Crippen LogP contribution in [0.25, 0.3) is 0 Å². The van der Waals surface area contributed by atoms with Gasteiger partial charge in [-0.3, -0.25) is 9.59 Å². The third-order valence-corrected chi connectivity index (χ3v) is 3.31. The van der Waals surface area contributed by atoms with E-state index in [-0.39, 0.29) is 25.0 Å². The van der Waals surface area contributed by atoms with E-state index in [0.717, 1.165) is 12.8 Å². The molecule has 5 heteroatoms. The van der Waals surface area contributed by atoms with E-state index in [9.17, 15) is 9.59 Å². The smallest absolute Gasteiger partial charge is 0.241 e. The molecule has 1 aliphatic rings. The first-order chi connectivity index (χ1) is 8.34. The lowest BCUT2D eigenvalue weighted by atomic mass is 9.95. The number of piperidine rings is 1. The number of rotatable bonds is 3. The molecule has 104 valence electrons. The molecule has 1 rings (SSSR count). The van der Waals surface area contributed by atoms with Crippen molar-refractivity contribution in [2.45, 2.75) is 33.6 Å². The molecule has 1 saturated heterocycles. The Labute approximate surface area is 109 Å². The molecule has 0 aliphatic carbocycles. The van der Waals surface area contributed by atoms with E-state index in [0.29, 0.717) is 19.0 Å². The van der Waals surface area contributed by atoms with Crippen LogP contribution in [0.2, 0.25) is 0 Å². The van der Waals surface area contributed by atoms with Gasteiger partial charge in [0, 0.05) is 25.1 Å². The zero-order valence-corrected chi connectivity index (χ0v) is 11.5. The highest BCUT2D eigenvalue weighted by atomic mass is 16.3. The number of aliphatic hydroxyl groups excluding tert-OH is 1. The fourth-order valence-electron chi connectivity index (χ4n) is 1.90. The van der Waals surface area contributed by atoms with Gasteiger partial charge in [0.1, 0.15) is 0 Å². The summed E-state index contributed by atoms with van der Waals surface area (Å²) in [5, 5.41) is 11.7. The highest BCUT2D eigenvalue weighted by molar-refractivity contribution is 5.87. The second-order valence-corrected chi connectivity index (χ2v) is 5.94. The Kier molecular flexibility index (Phi) is 5.14. The van der Waals surface area contributed by atoms with Gasteiger partial charge in [-0.1, -0.05) is 20.8 Å². The van der Waals surface area contributed by atoms with Gasteiger partial charge in [0.15, 0.2) is 0 Å². The summed E-state index contributed by atoms with van der Waals surface area (Å²) >= 11 is 0. The van der Waals surface area contributed by atoms with Gasteiger partial charge in [-0.2, -0.15) is 0 Å². The van der Waals surface area contributed by atoms with Crippen LogP contribution in [-0.2, 0) is 9.59 Å². The third-order valence-electron chi connectivity index (χ3n) is 3.31. The van der Waals surface area contributed by atoms with Crippen molar-refractivity contribution in [1.29, 1.82) is 0 Å². The molecule has 2 amide bonds. The van der Waals surface area contributed by atoms with E-state index < -0.39 is 5.41 Å². The average Bonchev–Trinajstić information content (AvgIpc) is 2.34. The molecule has 0 aromatic carbocycles. The number of nitrogens with one attached hydrogen (secondary N) is 1. The monoisotopic (exact) mass is 256 g/mol. The molecule has 0 unspecified atom stereocenters. The van der Waals surface area contributed by atoms with Crippen molar-refractivity contribution in [3.05, 3.63) is 0 Å². The molecule has 0 aromatic rings. The molecular weight excluding hydrogens is 232 g/mol. The van der Waals surface area contributed by atoms with Crippen molar-refractivity contribution in [1.82, 2.24) is 10.2 Å². The van der Waals surface area contributed by atoms with Gasteiger partial charge in [0.2, 0.25) is 11.8 Å². The standard InChI is InChI=1S/C13H24N2O3/c1-13(2,3)12(18)14-8-11(17)15-6-4-10(9-16)5-7-15/h10,16H,4-9H2,1-3H3,(H,14,18). The molecule has 1 fully saturated rings. The quantitative estimate of drug-likeness (QED) is 0.767. The Bertz CT molecular complexity index is 302. The number of nitrogens with zero attached hydrogens (tertiary/aromatic N) is 1. The summed E-state index contributed by atoms with van der Waals surface area (Å²) < 4.78 is 0. The number of hydrogen-bond donors (Lipinski definition) is 2. The van der Waals surface area contributed by atoms with Gasteiger partial charge < -0.3 is 15.3 Å². The van der Waals surface area contributed by atoms with Crippen molar-refractivity contribution in [2.24, 2.45) is 11.3 Å². The Morgan fingerprint density at radius 2 is 1.83 bits per heavy atom. The van der Waals surface area contributed by atoms with E-state index in [1.165, 1.54) is 0 Å². The van der Waals surface area contributed by atoms with Crippen molar-refractivity contribution in [3.63, 3.8) is 0 Å². The first kappa shape index (κ1) is 15.0. The maximum absolute atomic E-state index is 11.9. The Morgan fingerprint density at radius 3 is 2.28 bits per heavy atom. The van der Waals surface area contributed by atoms with E-state index in [1.807, 2.05) is 20.8 Å². The minimum absolute atomic E-state index is 0.0380. The molecule has 0 bridgehead atoms. The molecule has 2 N–H and O–H groups in total. The van der Waals surface area contributed by atoms with Crippen LogP contribution < -0.4 is 5.32 Å². The maximum atomic E-state index is 11.9. The minimum Gasteiger partial charge on any atom is -0.396 e. The lowest BCUT2D eigenvalue weighted by Crippen LogP contribution is -2.46. The van der Waals surface area contributed by atoms with Crippen LogP contribution in [0.3, 0.4) is 0 Å². The number of amides is 2. The van der Waals surface area contributed by atoms with Crippen LogP contribution in [0.5, 0.6) is 0 Å². The summed E-state index contributed by atoms with van der Waals surface area (Å²) in [6, 6.07) is 0. The molecule has 18 heavy (non-hydrogen) atoms. The van der Waals surface area contributed by atoms with E-state index in [2.05, 4.69) is 5.32 Å². The number of aliphatic hydroxyl groups is 1. The fourth-order valence-corrected chi connectivity index (χ4v) is 1.90. The predicted octanol–water partition coefficient (Wildman–Crippen LogP) is 0.380. The zero-order valence-electron chi connectivity index (χ0n) is 11.5. The summed E-state index contributed by atoms with van der Waals surface area (Å²) in [5.74, 6) is 0.170. The lowest BCUT2D eigenvalue weighted by Gasteiger charge is -2.31. The van der Waals surface area contributed by atoms with Gasteiger partial charge in [-0.25, -0.2) is 0 Å². The van der Waals surface area contributed by atoms with Gasteiger partial charge in [-0.05, 0) is 18.8 Å². The van der Waals surface area contributed by atoms with E-state index >= 15 is 0 Å². The molecule has 5 nitrogen and oxygen atoms in total. The highest BCUT2D eigenvalue weighted by Crippen LogP contribution is 2.16. The first-order valence-electron chi connectivity index (χ1n) is 6.51. The summed E-state index contributed by atoms with van der Waals surface area (Å²) in [6.07, 6.45) is 1.69. The number of hydrogen-bond acceptors (Lipinski definition) is 3. The third kappa shape index (κ3) is 4.29. The molecular formula is C13H24N2O3. The van der Waals surface area contributed by atoms with Crippen LogP contribution >= 0.6 is 0 Å². The van der Waals surface area contributed by atoms with Crippen LogP contribution in [0.15, 0.2) is 0 Å². The van der Waals surface area contributed by atoms with Crippen molar-refractivity contribution in [3.8, 4) is 0 Å². The van der Waals surface area contributed by atoms with Crippen LogP contribution in [0.1, 0.15) is 33.6 Å². The zero-order chi connectivity index (χ0) is 13.8. The normalized spacial score (nSPS) is 17.7.